The summed E-state index contributed by atoms with van der Waals surface area (Å²) in [6.45, 7) is 0.333. The molecule has 4 N–H and O–H groups in total. The number of carboxylic acid groups (broad SMARTS) is 1. The van der Waals surface area contributed by atoms with Gasteiger partial charge in [0.15, 0.2) is 0 Å². The smallest absolute Gasteiger partial charge is 0.354 e. The fraction of sp³-hybridized carbons (Fsp3) is 0.533. The molecule has 0 atom stereocenters. The molecule has 21 heavy (non-hydrogen) atoms. The zero-order valence-corrected chi connectivity index (χ0v) is 12.0. The molecule has 6 heteroatoms. The first-order chi connectivity index (χ1) is 10.1. The predicted molar refractivity (Wildman–Crippen MR) is 79.0 cm³/mol. The van der Waals surface area contributed by atoms with Gasteiger partial charge in [-0.1, -0.05) is 25.7 Å². The monoisotopic (exact) mass is 291 g/mol. The van der Waals surface area contributed by atoms with Crippen LogP contribution in [0.15, 0.2) is 18.3 Å². The zero-order valence-electron chi connectivity index (χ0n) is 12.0. The number of aromatic nitrogens is 1. The van der Waals surface area contributed by atoms with Crippen LogP contribution in [0.2, 0.25) is 0 Å². The molecule has 1 aromatic heterocycles. The van der Waals surface area contributed by atoms with E-state index in [0.717, 1.165) is 38.5 Å². The fourth-order valence-corrected chi connectivity index (χ4v) is 2.79. The molecular formula is C15H21N3O3. The molecule has 0 aromatic carbocycles. The first-order valence-corrected chi connectivity index (χ1v) is 7.28. The van der Waals surface area contributed by atoms with E-state index in [0.29, 0.717) is 12.2 Å². The number of pyridine rings is 1. The summed E-state index contributed by atoms with van der Waals surface area (Å²) in [5.41, 5.74) is 5.82. The number of hydrogen-bond donors (Lipinski definition) is 3. The second kappa shape index (κ2) is 6.67. The van der Waals surface area contributed by atoms with Crippen molar-refractivity contribution in [1.82, 2.24) is 4.98 Å². The largest absolute Gasteiger partial charge is 0.477 e. The molecule has 2 rings (SSSR count). The number of rotatable bonds is 4. The molecule has 1 aromatic rings. The molecule has 0 spiro atoms. The first kappa shape index (κ1) is 15.4. The minimum Gasteiger partial charge on any atom is -0.477 e. The molecule has 1 amide bonds. The van der Waals surface area contributed by atoms with Gasteiger partial charge in [0.2, 0.25) is 5.91 Å². The van der Waals surface area contributed by atoms with Crippen LogP contribution in [0.3, 0.4) is 0 Å². The summed E-state index contributed by atoms with van der Waals surface area (Å²) in [7, 11) is 0. The Kier molecular flexibility index (Phi) is 4.90. The Labute approximate surface area is 123 Å². The molecule has 114 valence electrons. The van der Waals surface area contributed by atoms with Crippen molar-refractivity contribution in [3.63, 3.8) is 0 Å². The molecular weight excluding hydrogens is 270 g/mol. The number of hydrogen-bond acceptors (Lipinski definition) is 4. The van der Waals surface area contributed by atoms with Gasteiger partial charge in [-0.2, -0.15) is 0 Å². The van der Waals surface area contributed by atoms with Gasteiger partial charge in [0.1, 0.15) is 5.69 Å². The lowest BCUT2D eigenvalue weighted by Gasteiger charge is -2.29. The van der Waals surface area contributed by atoms with Crippen LogP contribution < -0.4 is 11.1 Å². The Morgan fingerprint density at radius 2 is 1.90 bits per heavy atom. The third kappa shape index (κ3) is 3.58. The molecule has 1 aliphatic rings. The summed E-state index contributed by atoms with van der Waals surface area (Å²) in [6, 6.07) is 2.93. The topological polar surface area (TPSA) is 105 Å². The van der Waals surface area contributed by atoms with Crippen LogP contribution in [0.25, 0.3) is 0 Å². The van der Waals surface area contributed by atoms with Crippen LogP contribution in [-0.4, -0.2) is 28.5 Å². The number of nitrogens with two attached hydrogens (primary N) is 1. The van der Waals surface area contributed by atoms with Crippen molar-refractivity contribution in [3.05, 3.63) is 24.0 Å². The van der Waals surface area contributed by atoms with Gasteiger partial charge in [0.05, 0.1) is 17.3 Å². The quantitative estimate of drug-likeness (QED) is 0.736. The van der Waals surface area contributed by atoms with Crippen LogP contribution in [-0.2, 0) is 4.79 Å². The Bertz CT molecular complexity index is 505. The third-order valence-corrected chi connectivity index (χ3v) is 4.17. The van der Waals surface area contributed by atoms with Crippen molar-refractivity contribution >= 4 is 17.6 Å². The molecule has 1 saturated carbocycles. The molecule has 1 aliphatic carbocycles. The molecule has 0 radical (unpaired) electrons. The molecule has 0 saturated heterocycles. The van der Waals surface area contributed by atoms with E-state index in [1.165, 1.54) is 12.3 Å². The number of nitrogens with zero attached hydrogens (tertiary/aromatic N) is 1. The summed E-state index contributed by atoms with van der Waals surface area (Å²) in [5, 5.41) is 11.6. The Hall–Kier alpha value is -1.95. The maximum atomic E-state index is 12.6. The lowest BCUT2D eigenvalue weighted by Crippen LogP contribution is -2.42. The summed E-state index contributed by atoms with van der Waals surface area (Å²) in [4.78, 5) is 27.1. The van der Waals surface area contributed by atoms with Crippen LogP contribution in [0, 0.1) is 5.41 Å². The van der Waals surface area contributed by atoms with Crippen molar-refractivity contribution in [2.45, 2.75) is 38.5 Å². The van der Waals surface area contributed by atoms with E-state index in [9.17, 15) is 9.59 Å². The fourth-order valence-electron chi connectivity index (χ4n) is 2.79. The highest BCUT2D eigenvalue weighted by Crippen LogP contribution is 2.35. The van der Waals surface area contributed by atoms with Crippen molar-refractivity contribution < 1.29 is 14.7 Å². The number of nitrogens with one attached hydrogen (secondary N) is 1. The molecule has 6 nitrogen and oxygen atoms in total. The van der Waals surface area contributed by atoms with Gasteiger partial charge in [-0.15, -0.1) is 0 Å². The molecule has 0 aliphatic heterocycles. The van der Waals surface area contributed by atoms with E-state index in [1.54, 1.807) is 6.07 Å². The SMILES string of the molecule is NCC1(C(=O)Nc2ccc(C(=O)O)nc2)CCCCCC1. The van der Waals surface area contributed by atoms with Crippen molar-refractivity contribution in [1.29, 1.82) is 0 Å². The normalized spacial score (nSPS) is 17.8. The van der Waals surface area contributed by atoms with Gasteiger partial charge >= 0.3 is 5.97 Å². The number of aromatic carboxylic acids is 1. The van der Waals surface area contributed by atoms with E-state index < -0.39 is 11.4 Å². The lowest BCUT2D eigenvalue weighted by atomic mass is 9.79. The van der Waals surface area contributed by atoms with Gasteiger partial charge in [0, 0.05) is 6.54 Å². The summed E-state index contributed by atoms with van der Waals surface area (Å²) < 4.78 is 0. The van der Waals surface area contributed by atoms with Gasteiger partial charge in [-0.25, -0.2) is 9.78 Å². The maximum Gasteiger partial charge on any atom is 0.354 e. The lowest BCUT2D eigenvalue weighted by molar-refractivity contribution is -0.125. The number of anilines is 1. The number of carbonyl (C=O) groups is 2. The average Bonchev–Trinajstić information content (AvgIpc) is 2.74. The van der Waals surface area contributed by atoms with E-state index in [4.69, 9.17) is 10.8 Å². The highest BCUT2D eigenvalue weighted by molar-refractivity contribution is 5.95. The first-order valence-electron chi connectivity index (χ1n) is 7.28. The summed E-state index contributed by atoms with van der Waals surface area (Å²) in [6.07, 6.45) is 7.28. The molecule has 1 fully saturated rings. The summed E-state index contributed by atoms with van der Waals surface area (Å²) >= 11 is 0. The average molecular weight is 291 g/mol. The highest BCUT2D eigenvalue weighted by Gasteiger charge is 2.37. The third-order valence-electron chi connectivity index (χ3n) is 4.17. The minimum absolute atomic E-state index is 0.0454. The number of carboxylic acids is 1. The van der Waals surface area contributed by atoms with E-state index in [2.05, 4.69) is 10.3 Å². The van der Waals surface area contributed by atoms with Crippen molar-refractivity contribution in [2.75, 3.05) is 11.9 Å². The van der Waals surface area contributed by atoms with Crippen molar-refractivity contribution in [2.24, 2.45) is 11.1 Å². The van der Waals surface area contributed by atoms with Gasteiger partial charge in [-0.3, -0.25) is 4.79 Å². The predicted octanol–water partition coefficient (Wildman–Crippen LogP) is 2.02. The second-order valence-electron chi connectivity index (χ2n) is 5.59. The standard InChI is InChI=1S/C15H21N3O3/c16-10-15(7-3-1-2-4-8-15)14(21)18-11-5-6-12(13(19)20)17-9-11/h5-6,9H,1-4,7-8,10,16H2,(H,18,21)(H,19,20). The second-order valence-corrected chi connectivity index (χ2v) is 5.59. The molecule has 0 unspecified atom stereocenters. The molecule has 0 bridgehead atoms. The van der Waals surface area contributed by atoms with Gasteiger partial charge in [0.25, 0.3) is 0 Å². The Balaban J connectivity index is 2.09. The van der Waals surface area contributed by atoms with Crippen LogP contribution in [0.4, 0.5) is 5.69 Å². The van der Waals surface area contributed by atoms with Crippen LogP contribution in [0.1, 0.15) is 49.0 Å². The van der Waals surface area contributed by atoms with Crippen molar-refractivity contribution in [3.8, 4) is 0 Å². The Morgan fingerprint density at radius 1 is 1.24 bits per heavy atom. The Morgan fingerprint density at radius 3 is 2.38 bits per heavy atom. The summed E-state index contributed by atoms with van der Waals surface area (Å²) in [5.74, 6) is -1.17. The molecule has 1 heterocycles. The maximum absolute atomic E-state index is 12.6. The van der Waals surface area contributed by atoms with E-state index in [-0.39, 0.29) is 11.6 Å². The van der Waals surface area contributed by atoms with Crippen LogP contribution >= 0.6 is 0 Å². The van der Waals surface area contributed by atoms with E-state index >= 15 is 0 Å². The zero-order chi connectivity index (χ0) is 15.3. The number of amides is 1. The van der Waals surface area contributed by atoms with Gasteiger partial charge < -0.3 is 16.2 Å². The minimum atomic E-state index is -1.09. The number of carbonyl (C=O) groups excluding carboxylic acids is 1. The van der Waals surface area contributed by atoms with E-state index in [1.807, 2.05) is 0 Å². The van der Waals surface area contributed by atoms with Crippen LogP contribution in [0.5, 0.6) is 0 Å². The van der Waals surface area contributed by atoms with Gasteiger partial charge in [-0.05, 0) is 25.0 Å². The highest BCUT2D eigenvalue weighted by atomic mass is 16.4.